The smallest absolute Gasteiger partial charge is 0.240 e. The van der Waals surface area contributed by atoms with Crippen molar-refractivity contribution in [3.05, 3.63) is 59.2 Å². The van der Waals surface area contributed by atoms with Gasteiger partial charge in [0.1, 0.15) is 0 Å². The van der Waals surface area contributed by atoms with Crippen LogP contribution in [0.5, 0.6) is 0 Å². The molecule has 0 spiro atoms. The zero-order valence-electron chi connectivity index (χ0n) is 18.7. The van der Waals surface area contributed by atoms with Crippen molar-refractivity contribution in [2.45, 2.75) is 24.8 Å². The molecule has 1 aliphatic rings. The number of sulfonamides is 1. The fourth-order valence-corrected chi connectivity index (χ4v) is 4.86. The lowest BCUT2D eigenvalue weighted by Crippen LogP contribution is -2.48. The molecule has 1 fully saturated rings. The van der Waals surface area contributed by atoms with Crippen LogP contribution in [0.2, 0.25) is 0 Å². The van der Waals surface area contributed by atoms with Gasteiger partial charge in [-0.2, -0.15) is 0 Å². The van der Waals surface area contributed by atoms with Gasteiger partial charge in [0, 0.05) is 58.5 Å². The van der Waals surface area contributed by atoms with Crippen molar-refractivity contribution in [2.24, 2.45) is 0 Å². The Kier molecular flexibility index (Phi) is 7.18. The van der Waals surface area contributed by atoms with E-state index in [-0.39, 0.29) is 6.04 Å². The molecule has 0 amide bonds. The number of likely N-dealkylation sites (N-methyl/N-ethyl adjacent to an activating group) is 1. The Morgan fingerprint density at radius 3 is 2.17 bits per heavy atom. The predicted molar refractivity (Wildman–Crippen MR) is 124 cm³/mol. The molecule has 0 bridgehead atoms. The first-order valence-electron chi connectivity index (χ1n) is 10.4. The highest BCUT2D eigenvalue weighted by molar-refractivity contribution is 7.89. The summed E-state index contributed by atoms with van der Waals surface area (Å²) in [5.41, 5.74) is 4.33. The molecule has 1 aliphatic heterocycles. The molecule has 0 aliphatic carbocycles. The minimum Gasteiger partial charge on any atom is -0.378 e. The number of hydrogen-bond acceptors (Lipinski definition) is 5. The first-order valence-corrected chi connectivity index (χ1v) is 11.9. The maximum Gasteiger partial charge on any atom is 0.240 e. The van der Waals surface area contributed by atoms with E-state index in [9.17, 15) is 8.42 Å². The van der Waals surface area contributed by atoms with Gasteiger partial charge in [-0.3, -0.25) is 4.90 Å². The fourth-order valence-electron chi connectivity index (χ4n) is 3.74. The summed E-state index contributed by atoms with van der Waals surface area (Å²) in [5.74, 6) is 0. The van der Waals surface area contributed by atoms with Crippen LogP contribution >= 0.6 is 0 Å². The highest BCUT2D eigenvalue weighted by Crippen LogP contribution is 2.25. The molecule has 30 heavy (non-hydrogen) atoms. The van der Waals surface area contributed by atoms with Crippen molar-refractivity contribution >= 4 is 15.7 Å². The summed E-state index contributed by atoms with van der Waals surface area (Å²) in [6, 6.07) is 13.7. The van der Waals surface area contributed by atoms with Crippen LogP contribution in [0.25, 0.3) is 0 Å². The van der Waals surface area contributed by atoms with E-state index in [1.54, 1.807) is 12.1 Å². The largest absolute Gasteiger partial charge is 0.378 e. The number of anilines is 1. The number of nitrogens with zero attached hydrogens (tertiary/aromatic N) is 3. The zero-order valence-corrected chi connectivity index (χ0v) is 19.5. The highest BCUT2D eigenvalue weighted by atomic mass is 32.2. The first kappa shape index (κ1) is 22.7. The molecule has 0 radical (unpaired) electrons. The van der Waals surface area contributed by atoms with E-state index in [2.05, 4.69) is 50.7 Å². The Hall–Kier alpha value is -1.93. The molecule has 2 aromatic carbocycles. The molecule has 0 aromatic heterocycles. The average molecular weight is 431 g/mol. The van der Waals surface area contributed by atoms with Gasteiger partial charge in [-0.15, -0.1) is 0 Å². The van der Waals surface area contributed by atoms with Crippen molar-refractivity contribution in [2.75, 3.05) is 58.8 Å². The molecule has 1 unspecified atom stereocenters. The van der Waals surface area contributed by atoms with Gasteiger partial charge in [0.2, 0.25) is 10.0 Å². The molecule has 1 atom stereocenters. The van der Waals surface area contributed by atoms with Gasteiger partial charge < -0.3 is 9.80 Å². The van der Waals surface area contributed by atoms with Gasteiger partial charge >= 0.3 is 0 Å². The second kappa shape index (κ2) is 9.47. The fraction of sp³-hybridized carbons (Fsp3) is 0.478. The molecule has 6 nitrogen and oxygen atoms in total. The third-order valence-electron chi connectivity index (χ3n) is 6.03. The molecule has 2 aromatic rings. The van der Waals surface area contributed by atoms with Gasteiger partial charge in [-0.05, 0) is 61.9 Å². The van der Waals surface area contributed by atoms with Crippen LogP contribution in [0, 0.1) is 13.8 Å². The summed E-state index contributed by atoms with van der Waals surface area (Å²) >= 11 is 0. The van der Waals surface area contributed by atoms with E-state index in [4.69, 9.17) is 0 Å². The number of hydrogen-bond donors (Lipinski definition) is 1. The standard InChI is InChI=1S/C23H34N4O2S/c1-18-6-11-22(16-19(18)2)30(28,29)24-17-23(27-14-12-26(5)13-15-27)20-7-9-21(10-8-20)25(3)4/h6-11,16,23-24H,12-15,17H2,1-5H3. The second-order valence-corrected chi connectivity index (χ2v) is 10.2. The lowest BCUT2D eigenvalue weighted by molar-refractivity contribution is 0.113. The van der Waals surface area contributed by atoms with Gasteiger partial charge in [0.15, 0.2) is 0 Å². The van der Waals surface area contributed by atoms with Crippen molar-refractivity contribution in [1.82, 2.24) is 14.5 Å². The summed E-state index contributed by atoms with van der Waals surface area (Å²) in [6.07, 6.45) is 0. The number of aryl methyl sites for hydroxylation is 2. The topological polar surface area (TPSA) is 55.9 Å². The number of piperazine rings is 1. The van der Waals surface area contributed by atoms with E-state index in [1.165, 1.54) is 0 Å². The predicted octanol–water partition coefficient (Wildman–Crippen LogP) is 2.64. The van der Waals surface area contributed by atoms with E-state index >= 15 is 0 Å². The molecular formula is C23H34N4O2S. The lowest BCUT2D eigenvalue weighted by Gasteiger charge is -2.38. The molecule has 1 heterocycles. The molecule has 3 rings (SSSR count). The van der Waals surface area contributed by atoms with Crippen molar-refractivity contribution < 1.29 is 8.42 Å². The van der Waals surface area contributed by atoms with Crippen molar-refractivity contribution in [1.29, 1.82) is 0 Å². The summed E-state index contributed by atoms with van der Waals surface area (Å²) in [6.45, 7) is 8.07. The van der Waals surface area contributed by atoms with E-state index in [0.717, 1.165) is 48.6 Å². The molecular weight excluding hydrogens is 396 g/mol. The number of rotatable bonds is 7. The molecule has 7 heteroatoms. The van der Waals surface area contributed by atoms with Crippen LogP contribution in [0.3, 0.4) is 0 Å². The minimum absolute atomic E-state index is 0.00349. The second-order valence-electron chi connectivity index (χ2n) is 8.44. The Bertz CT molecular complexity index is 950. The molecule has 1 saturated heterocycles. The minimum atomic E-state index is -3.57. The third kappa shape index (κ3) is 5.40. The number of benzene rings is 2. The summed E-state index contributed by atoms with van der Waals surface area (Å²) in [7, 11) is 2.59. The van der Waals surface area contributed by atoms with Crippen molar-refractivity contribution in [3.8, 4) is 0 Å². The van der Waals surface area contributed by atoms with E-state index in [1.807, 2.05) is 34.0 Å². The van der Waals surface area contributed by atoms with Crippen molar-refractivity contribution in [3.63, 3.8) is 0 Å². The van der Waals surface area contributed by atoms with Gasteiger partial charge in [0.25, 0.3) is 0 Å². The summed E-state index contributed by atoms with van der Waals surface area (Å²) in [4.78, 5) is 7.08. The normalized spacial score (nSPS) is 17.1. The maximum atomic E-state index is 13.0. The van der Waals surface area contributed by atoms with E-state index < -0.39 is 10.0 Å². The van der Waals surface area contributed by atoms with Crippen LogP contribution in [0.15, 0.2) is 47.4 Å². The monoisotopic (exact) mass is 430 g/mol. The summed E-state index contributed by atoms with van der Waals surface area (Å²) in [5, 5.41) is 0. The Balaban J connectivity index is 1.82. The molecule has 0 saturated carbocycles. The van der Waals surface area contributed by atoms with Crippen LogP contribution in [0.1, 0.15) is 22.7 Å². The maximum absolute atomic E-state index is 13.0. The van der Waals surface area contributed by atoms with Crippen LogP contribution in [-0.4, -0.2) is 72.1 Å². The first-order chi connectivity index (χ1) is 14.2. The molecule has 1 N–H and O–H groups in total. The quantitative estimate of drug-likeness (QED) is 0.732. The highest BCUT2D eigenvalue weighted by Gasteiger charge is 2.26. The van der Waals surface area contributed by atoms with Gasteiger partial charge in [0.05, 0.1) is 4.90 Å². The number of nitrogens with one attached hydrogen (secondary N) is 1. The van der Waals surface area contributed by atoms with Crippen LogP contribution < -0.4 is 9.62 Å². The van der Waals surface area contributed by atoms with Gasteiger partial charge in [-0.1, -0.05) is 18.2 Å². The zero-order chi connectivity index (χ0) is 21.9. The van der Waals surface area contributed by atoms with Crippen LogP contribution in [-0.2, 0) is 10.0 Å². The molecule has 164 valence electrons. The SMILES string of the molecule is Cc1ccc(S(=O)(=O)NCC(c2ccc(N(C)C)cc2)N2CCN(C)CC2)cc1C. The Labute approximate surface area is 181 Å². The van der Waals surface area contributed by atoms with Gasteiger partial charge in [-0.25, -0.2) is 13.1 Å². The Morgan fingerprint density at radius 2 is 1.60 bits per heavy atom. The third-order valence-corrected chi connectivity index (χ3v) is 7.45. The lowest BCUT2D eigenvalue weighted by atomic mass is 10.0. The van der Waals surface area contributed by atoms with E-state index in [0.29, 0.717) is 11.4 Å². The summed E-state index contributed by atoms with van der Waals surface area (Å²) < 4.78 is 28.8. The Morgan fingerprint density at radius 1 is 0.967 bits per heavy atom. The van der Waals surface area contributed by atoms with Crippen LogP contribution in [0.4, 0.5) is 5.69 Å². The average Bonchev–Trinajstić information content (AvgIpc) is 2.71.